The van der Waals surface area contributed by atoms with Crippen LogP contribution in [0.2, 0.25) is 0 Å². The van der Waals surface area contributed by atoms with Crippen molar-refractivity contribution in [2.75, 3.05) is 20.2 Å². The highest BCUT2D eigenvalue weighted by Crippen LogP contribution is 2.03. The minimum absolute atomic E-state index is 0.263. The lowest BCUT2D eigenvalue weighted by Gasteiger charge is -2.29. The molecule has 86 valence electrons. The van der Waals surface area contributed by atoms with Gasteiger partial charge in [0.15, 0.2) is 0 Å². The lowest BCUT2D eigenvalue weighted by atomic mass is 10.1. The van der Waals surface area contributed by atoms with Crippen LogP contribution in [0.1, 0.15) is 34.1 Å². The van der Waals surface area contributed by atoms with Gasteiger partial charge in [0.05, 0.1) is 12.7 Å². The van der Waals surface area contributed by atoms with Gasteiger partial charge in [0.1, 0.15) is 0 Å². The minimum atomic E-state index is 0.263. The molecule has 0 fully saturated rings. The van der Waals surface area contributed by atoms with E-state index in [0.717, 1.165) is 19.6 Å². The van der Waals surface area contributed by atoms with E-state index < -0.39 is 0 Å². The molecule has 3 heteroatoms. The SMILES string of the molecule is CCC(N)C(C)N(C)CCOC(C)C. The van der Waals surface area contributed by atoms with E-state index in [9.17, 15) is 0 Å². The first kappa shape index (κ1) is 13.9. The molecule has 0 aliphatic rings. The van der Waals surface area contributed by atoms with Gasteiger partial charge in [0.2, 0.25) is 0 Å². The van der Waals surface area contributed by atoms with E-state index in [1.807, 2.05) is 0 Å². The van der Waals surface area contributed by atoms with Crippen LogP contribution in [0.25, 0.3) is 0 Å². The first-order valence-corrected chi connectivity index (χ1v) is 5.56. The Kier molecular flexibility index (Phi) is 7.15. The Morgan fingerprint density at radius 2 is 1.86 bits per heavy atom. The van der Waals surface area contributed by atoms with Crippen LogP contribution in [0, 0.1) is 0 Å². The molecule has 0 aromatic rings. The average molecular weight is 202 g/mol. The largest absolute Gasteiger partial charge is 0.377 e. The van der Waals surface area contributed by atoms with Crippen molar-refractivity contribution in [1.29, 1.82) is 0 Å². The number of likely N-dealkylation sites (N-methyl/N-ethyl adjacent to an activating group) is 1. The van der Waals surface area contributed by atoms with Crippen LogP contribution >= 0.6 is 0 Å². The van der Waals surface area contributed by atoms with E-state index in [0.29, 0.717) is 12.1 Å². The smallest absolute Gasteiger partial charge is 0.0596 e. The minimum Gasteiger partial charge on any atom is -0.377 e. The van der Waals surface area contributed by atoms with Crippen LogP contribution in [-0.4, -0.2) is 43.3 Å². The number of nitrogens with two attached hydrogens (primary N) is 1. The third-order valence-corrected chi connectivity index (χ3v) is 2.68. The maximum absolute atomic E-state index is 5.97. The lowest BCUT2D eigenvalue weighted by molar-refractivity contribution is 0.0548. The Labute approximate surface area is 88.6 Å². The number of ether oxygens (including phenoxy) is 1. The Balaban J connectivity index is 3.67. The maximum Gasteiger partial charge on any atom is 0.0596 e. The molecule has 0 saturated heterocycles. The normalized spacial score (nSPS) is 16.3. The maximum atomic E-state index is 5.97. The second-order valence-corrected chi connectivity index (χ2v) is 4.21. The van der Waals surface area contributed by atoms with Crippen molar-refractivity contribution < 1.29 is 4.74 Å². The van der Waals surface area contributed by atoms with Crippen LogP contribution in [0.4, 0.5) is 0 Å². The first-order valence-electron chi connectivity index (χ1n) is 5.56. The second kappa shape index (κ2) is 7.21. The quantitative estimate of drug-likeness (QED) is 0.679. The van der Waals surface area contributed by atoms with Crippen LogP contribution in [0.5, 0.6) is 0 Å². The molecule has 3 nitrogen and oxygen atoms in total. The second-order valence-electron chi connectivity index (χ2n) is 4.21. The standard InChI is InChI=1S/C11H26N2O/c1-6-11(12)10(4)13(5)7-8-14-9(2)3/h9-11H,6-8,12H2,1-5H3. The topological polar surface area (TPSA) is 38.5 Å². The molecule has 0 aliphatic carbocycles. The lowest BCUT2D eigenvalue weighted by Crippen LogP contribution is -2.44. The molecule has 0 aromatic heterocycles. The van der Waals surface area contributed by atoms with Gasteiger partial charge < -0.3 is 10.5 Å². The van der Waals surface area contributed by atoms with Crippen molar-refractivity contribution in [3.05, 3.63) is 0 Å². The van der Waals surface area contributed by atoms with Crippen molar-refractivity contribution in [2.45, 2.75) is 52.3 Å². The summed E-state index contributed by atoms with van der Waals surface area (Å²) in [4.78, 5) is 2.26. The number of rotatable bonds is 7. The summed E-state index contributed by atoms with van der Waals surface area (Å²) in [5.74, 6) is 0. The zero-order chi connectivity index (χ0) is 11.1. The fraction of sp³-hybridized carbons (Fsp3) is 1.00. The molecule has 0 heterocycles. The molecule has 14 heavy (non-hydrogen) atoms. The van der Waals surface area contributed by atoms with Crippen molar-refractivity contribution in [1.82, 2.24) is 4.90 Å². The van der Waals surface area contributed by atoms with Crippen LogP contribution in [0.15, 0.2) is 0 Å². The van der Waals surface area contributed by atoms with Gasteiger partial charge in [0.25, 0.3) is 0 Å². The fourth-order valence-electron chi connectivity index (χ4n) is 1.30. The van der Waals surface area contributed by atoms with E-state index in [1.165, 1.54) is 0 Å². The molecule has 0 aromatic carbocycles. The Morgan fingerprint density at radius 3 is 2.29 bits per heavy atom. The number of hydrogen-bond acceptors (Lipinski definition) is 3. The monoisotopic (exact) mass is 202 g/mol. The van der Waals surface area contributed by atoms with Gasteiger partial charge in [-0.2, -0.15) is 0 Å². The third kappa shape index (κ3) is 5.58. The predicted molar refractivity (Wildman–Crippen MR) is 61.4 cm³/mol. The molecule has 0 rings (SSSR count). The Morgan fingerprint density at radius 1 is 1.29 bits per heavy atom. The molecule has 0 radical (unpaired) electrons. The summed E-state index contributed by atoms with van der Waals surface area (Å²) in [5.41, 5.74) is 5.97. The third-order valence-electron chi connectivity index (χ3n) is 2.68. The highest BCUT2D eigenvalue weighted by Gasteiger charge is 2.15. The molecule has 2 unspecified atom stereocenters. The van der Waals surface area contributed by atoms with Crippen molar-refractivity contribution in [3.63, 3.8) is 0 Å². The molecule has 2 N–H and O–H groups in total. The van der Waals surface area contributed by atoms with E-state index in [-0.39, 0.29) is 6.04 Å². The van der Waals surface area contributed by atoms with Gasteiger partial charge in [-0.25, -0.2) is 0 Å². The molecule has 2 atom stereocenters. The van der Waals surface area contributed by atoms with Gasteiger partial charge in [-0.05, 0) is 34.2 Å². The van der Waals surface area contributed by atoms with Crippen LogP contribution in [0.3, 0.4) is 0 Å². The fourth-order valence-corrected chi connectivity index (χ4v) is 1.30. The van der Waals surface area contributed by atoms with Gasteiger partial charge in [-0.3, -0.25) is 4.90 Å². The number of nitrogens with zero attached hydrogens (tertiary/aromatic N) is 1. The highest BCUT2D eigenvalue weighted by molar-refractivity contribution is 4.74. The molecule has 0 aliphatic heterocycles. The molecule has 0 bridgehead atoms. The van der Waals surface area contributed by atoms with Gasteiger partial charge >= 0.3 is 0 Å². The van der Waals surface area contributed by atoms with E-state index in [1.54, 1.807) is 0 Å². The van der Waals surface area contributed by atoms with E-state index in [4.69, 9.17) is 10.5 Å². The van der Waals surface area contributed by atoms with Crippen molar-refractivity contribution in [3.8, 4) is 0 Å². The van der Waals surface area contributed by atoms with Crippen molar-refractivity contribution in [2.24, 2.45) is 5.73 Å². The molecular weight excluding hydrogens is 176 g/mol. The van der Waals surface area contributed by atoms with Gasteiger partial charge in [0, 0.05) is 18.6 Å². The molecule has 0 saturated carbocycles. The number of hydrogen-bond donors (Lipinski definition) is 1. The summed E-state index contributed by atoms with van der Waals surface area (Å²) in [7, 11) is 2.10. The summed E-state index contributed by atoms with van der Waals surface area (Å²) >= 11 is 0. The summed E-state index contributed by atoms with van der Waals surface area (Å²) in [5, 5.41) is 0. The Bertz CT molecular complexity index is 139. The average Bonchev–Trinajstić information content (AvgIpc) is 2.14. The Hall–Kier alpha value is -0.120. The summed E-state index contributed by atoms with van der Waals surface area (Å²) in [6.45, 7) is 10.1. The first-order chi connectivity index (χ1) is 6.49. The van der Waals surface area contributed by atoms with Gasteiger partial charge in [-0.15, -0.1) is 0 Å². The van der Waals surface area contributed by atoms with Crippen molar-refractivity contribution >= 4 is 0 Å². The van der Waals surface area contributed by atoms with Crippen LogP contribution in [-0.2, 0) is 4.74 Å². The predicted octanol–water partition coefficient (Wildman–Crippen LogP) is 1.47. The van der Waals surface area contributed by atoms with E-state index in [2.05, 4.69) is 39.6 Å². The highest BCUT2D eigenvalue weighted by atomic mass is 16.5. The zero-order valence-corrected chi connectivity index (χ0v) is 10.3. The zero-order valence-electron chi connectivity index (χ0n) is 10.3. The van der Waals surface area contributed by atoms with Crippen LogP contribution < -0.4 is 5.73 Å². The van der Waals surface area contributed by atoms with E-state index >= 15 is 0 Å². The summed E-state index contributed by atoms with van der Waals surface area (Å²) in [6.07, 6.45) is 1.34. The summed E-state index contributed by atoms with van der Waals surface area (Å²) in [6, 6.07) is 0.690. The van der Waals surface area contributed by atoms with Gasteiger partial charge in [-0.1, -0.05) is 6.92 Å². The molecular formula is C11H26N2O. The summed E-state index contributed by atoms with van der Waals surface area (Å²) < 4.78 is 5.49. The molecule has 0 amide bonds. The molecule has 0 spiro atoms.